The molecule has 21 heavy (non-hydrogen) atoms. The first kappa shape index (κ1) is 15.9. The predicted molar refractivity (Wildman–Crippen MR) is 86.2 cm³/mol. The Morgan fingerprint density at radius 1 is 1.48 bits per heavy atom. The van der Waals surface area contributed by atoms with E-state index in [1.807, 2.05) is 0 Å². The van der Waals surface area contributed by atoms with Gasteiger partial charge in [0.15, 0.2) is 0 Å². The summed E-state index contributed by atoms with van der Waals surface area (Å²) in [4.78, 5) is 13.6. The second-order valence-corrected chi connectivity index (χ2v) is 6.61. The van der Waals surface area contributed by atoms with E-state index in [0.717, 1.165) is 25.9 Å². The number of hydrogen-bond acceptors (Lipinski definition) is 4. The van der Waals surface area contributed by atoms with Gasteiger partial charge in [-0.15, -0.1) is 0 Å². The topological polar surface area (TPSA) is 78.6 Å². The lowest BCUT2D eigenvalue weighted by Gasteiger charge is -2.38. The van der Waals surface area contributed by atoms with Crippen molar-refractivity contribution in [1.29, 1.82) is 0 Å². The molecule has 0 atom stereocenters. The molecule has 5 nitrogen and oxygen atoms in total. The third kappa shape index (κ3) is 3.80. The van der Waals surface area contributed by atoms with Crippen LogP contribution in [0.25, 0.3) is 0 Å². The van der Waals surface area contributed by atoms with E-state index in [4.69, 9.17) is 17.3 Å². The average Bonchev–Trinajstić information content (AvgIpc) is 2.40. The van der Waals surface area contributed by atoms with Crippen molar-refractivity contribution < 1.29 is 9.90 Å². The lowest BCUT2D eigenvalue weighted by molar-refractivity contribution is 0.0697. The van der Waals surface area contributed by atoms with Gasteiger partial charge in [-0.05, 0) is 50.5 Å². The largest absolute Gasteiger partial charge is 0.478 e. The van der Waals surface area contributed by atoms with Gasteiger partial charge in [-0.25, -0.2) is 4.79 Å². The highest BCUT2D eigenvalue weighted by Crippen LogP contribution is 2.34. The van der Waals surface area contributed by atoms with Crippen LogP contribution >= 0.6 is 11.6 Å². The summed E-state index contributed by atoms with van der Waals surface area (Å²) in [5.41, 5.74) is 6.74. The molecule has 0 aromatic heterocycles. The van der Waals surface area contributed by atoms with Crippen LogP contribution in [0.2, 0.25) is 5.02 Å². The summed E-state index contributed by atoms with van der Waals surface area (Å²) < 4.78 is 0. The van der Waals surface area contributed by atoms with E-state index >= 15 is 0 Å². The smallest absolute Gasteiger partial charge is 0.337 e. The molecule has 1 fully saturated rings. The van der Waals surface area contributed by atoms with Crippen molar-refractivity contribution in [3.8, 4) is 0 Å². The van der Waals surface area contributed by atoms with E-state index in [0.29, 0.717) is 22.9 Å². The number of likely N-dealkylation sites (tertiary alicyclic amines) is 1. The number of piperidine rings is 1. The fourth-order valence-electron chi connectivity index (χ4n) is 2.61. The molecule has 2 rings (SSSR count). The Balaban J connectivity index is 2.15. The molecule has 4 N–H and O–H groups in total. The first-order valence-corrected chi connectivity index (χ1v) is 7.43. The molecule has 1 aromatic carbocycles. The zero-order valence-electron chi connectivity index (χ0n) is 12.4. The Hall–Kier alpha value is -1.46. The van der Waals surface area contributed by atoms with Crippen LogP contribution in [0.1, 0.15) is 30.1 Å². The Labute approximate surface area is 130 Å². The van der Waals surface area contributed by atoms with E-state index < -0.39 is 5.97 Å². The first-order valence-electron chi connectivity index (χ1n) is 7.05. The maximum absolute atomic E-state index is 11.3. The SMILES string of the molecule is CN1CCC(C)(CNc2c(Cl)cc(N)cc2C(=O)O)CC1. The number of nitrogens with one attached hydrogen (secondary N) is 1. The number of nitrogen functional groups attached to an aromatic ring is 1. The van der Waals surface area contributed by atoms with Gasteiger partial charge in [0.25, 0.3) is 0 Å². The van der Waals surface area contributed by atoms with Crippen LogP contribution in [0, 0.1) is 5.41 Å². The molecule has 0 saturated carbocycles. The molecule has 0 aliphatic carbocycles. The van der Waals surface area contributed by atoms with Crippen molar-refractivity contribution in [3.63, 3.8) is 0 Å². The van der Waals surface area contributed by atoms with Gasteiger partial charge in [-0.2, -0.15) is 0 Å². The van der Waals surface area contributed by atoms with Gasteiger partial charge in [0.1, 0.15) is 0 Å². The van der Waals surface area contributed by atoms with E-state index in [9.17, 15) is 9.90 Å². The maximum Gasteiger partial charge on any atom is 0.337 e. The normalized spacial score (nSPS) is 18.4. The number of benzene rings is 1. The minimum Gasteiger partial charge on any atom is -0.478 e. The summed E-state index contributed by atoms with van der Waals surface area (Å²) in [6.07, 6.45) is 2.15. The van der Waals surface area contributed by atoms with E-state index in [1.165, 1.54) is 6.07 Å². The maximum atomic E-state index is 11.3. The summed E-state index contributed by atoms with van der Waals surface area (Å²) in [6, 6.07) is 3.01. The van der Waals surface area contributed by atoms with E-state index in [2.05, 4.69) is 24.2 Å². The number of nitrogens with two attached hydrogens (primary N) is 1. The first-order chi connectivity index (χ1) is 9.81. The zero-order chi connectivity index (χ0) is 15.6. The van der Waals surface area contributed by atoms with Gasteiger partial charge in [0, 0.05) is 12.2 Å². The highest BCUT2D eigenvalue weighted by Gasteiger charge is 2.29. The van der Waals surface area contributed by atoms with E-state index in [1.54, 1.807) is 6.07 Å². The molecule has 1 aromatic rings. The summed E-state index contributed by atoms with van der Waals surface area (Å²) >= 11 is 6.15. The van der Waals surface area contributed by atoms with Crippen molar-refractivity contribution in [2.24, 2.45) is 5.41 Å². The molecule has 116 valence electrons. The monoisotopic (exact) mass is 311 g/mol. The van der Waals surface area contributed by atoms with Gasteiger partial charge >= 0.3 is 5.97 Å². The van der Waals surface area contributed by atoms with Crippen LogP contribution in [0.3, 0.4) is 0 Å². The molecule has 0 amide bonds. The van der Waals surface area contributed by atoms with Crippen LogP contribution in [-0.2, 0) is 0 Å². The Morgan fingerprint density at radius 2 is 2.10 bits per heavy atom. The quantitative estimate of drug-likeness (QED) is 0.745. The number of nitrogens with zero attached hydrogens (tertiary/aromatic N) is 1. The van der Waals surface area contributed by atoms with Gasteiger partial charge in [0.2, 0.25) is 0 Å². The molecule has 1 saturated heterocycles. The highest BCUT2D eigenvalue weighted by atomic mass is 35.5. The number of carbonyl (C=O) groups is 1. The summed E-state index contributed by atoms with van der Waals surface area (Å²) in [6.45, 7) is 5.03. The van der Waals surface area contributed by atoms with Crippen LogP contribution < -0.4 is 11.1 Å². The number of carboxylic acids is 1. The van der Waals surface area contributed by atoms with Gasteiger partial charge in [0.05, 0.1) is 16.3 Å². The Kier molecular flexibility index (Phi) is 4.64. The number of hydrogen-bond donors (Lipinski definition) is 3. The van der Waals surface area contributed by atoms with Crippen LogP contribution in [0.5, 0.6) is 0 Å². The van der Waals surface area contributed by atoms with Gasteiger partial charge < -0.3 is 21.1 Å². The minimum atomic E-state index is -1.03. The van der Waals surface area contributed by atoms with Crippen LogP contribution in [0.15, 0.2) is 12.1 Å². The van der Waals surface area contributed by atoms with Gasteiger partial charge in [-0.1, -0.05) is 18.5 Å². The fraction of sp³-hybridized carbons (Fsp3) is 0.533. The molecule has 6 heteroatoms. The molecule has 0 spiro atoms. The van der Waals surface area contributed by atoms with Crippen molar-refractivity contribution in [1.82, 2.24) is 4.90 Å². The molecule has 1 aliphatic rings. The van der Waals surface area contributed by atoms with Crippen LogP contribution in [-0.4, -0.2) is 42.7 Å². The Morgan fingerprint density at radius 3 is 2.67 bits per heavy atom. The molecular formula is C15H22ClN3O2. The fourth-order valence-corrected chi connectivity index (χ4v) is 2.91. The van der Waals surface area contributed by atoms with Crippen molar-refractivity contribution in [2.75, 3.05) is 37.7 Å². The third-order valence-electron chi connectivity index (χ3n) is 4.23. The van der Waals surface area contributed by atoms with Crippen molar-refractivity contribution in [2.45, 2.75) is 19.8 Å². The average molecular weight is 312 g/mol. The lowest BCUT2D eigenvalue weighted by atomic mass is 9.80. The molecule has 1 aliphatic heterocycles. The van der Waals surface area contributed by atoms with E-state index in [-0.39, 0.29) is 11.0 Å². The highest BCUT2D eigenvalue weighted by molar-refractivity contribution is 6.34. The Bertz CT molecular complexity index is 540. The molecule has 0 radical (unpaired) electrons. The van der Waals surface area contributed by atoms with Crippen molar-refractivity contribution >= 4 is 28.9 Å². The number of rotatable bonds is 4. The number of anilines is 2. The number of halogens is 1. The molecule has 1 heterocycles. The summed E-state index contributed by atoms with van der Waals surface area (Å²) in [5, 5.41) is 12.9. The third-order valence-corrected chi connectivity index (χ3v) is 4.53. The molecular weight excluding hydrogens is 290 g/mol. The zero-order valence-corrected chi connectivity index (χ0v) is 13.2. The molecule has 0 bridgehead atoms. The second kappa shape index (κ2) is 6.12. The summed E-state index contributed by atoms with van der Waals surface area (Å²) in [5.74, 6) is -1.03. The lowest BCUT2D eigenvalue weighted by Crippen LogP contribution is -2.40. The second-order valence-electron chi connectivity index (χ2n) is 6.20. The van der Waals surface area contributed by atoms with Gasteiger partial charge in [-0.3, -0.25) is 0 Å². The standard InChI is InChI=1S/C15H22ClN3O2/c1-15(3-5-19(2)6-4-15)9-18-13-11(14(20)21)7-10(17)8-12(13)16/h7-8,18H,3-6,9,17H2,1-2H3,(H,20,21). The van der Waals surface area contributed by atoms with Crippen molar-refractivity contribution in [3.05, 3.63) is 22.7 Å². The predicted octanol–water partition coefficient (Wildman–Crippen LogP) is 2.76. The number of carboxylic acid groups (broad SMARTS) is 1. The molecule has 0 unspecified atom stereocenters. The number of aromatic carboxylic acids is 1. The summed E-state index contributed by atoms with van der Waals surface area (Å²) in [7, 11) is 2.12. The van der Waals surface area contributed by atoms with Crippen LogP contribution in [0.4, 0.5) is 11.4 Å². The minimum absolute atomic E-state index is 0.122.